The number of hydrogen-bond acceptors (Lipinski definition) is 4. The van der Waals surface area contributed by atoms with E-state index in [0.717, 1.165) is 17.9 Å². The molecular weight excluding hydrogens is 300 g/mol. The molecule has 2 aliphatic heterocycles. The summed E-state index contributed by atoms with van der Waals surface area (Å²) in [5, 5.41) is 0.591. The number of amides is 1. The Morgan fingerprint density at radius 3 is 2.86 bits per heavy atom. The van der Waals surface area contributed by atoms with E-state index in [1.54, 1.807) is 12.4 Å². The van der Waals surface area contributed by atoms with Gasteiger partial charge in [-0.1, -0.05) is 11.6 Å². The van der Waals surface area contributed by atoms with Crippen molar-refractivity contribution in [2.45, 2.75) is 12.1 Å². The number of carbonyl (C=O) groups excluding carboxylic acids is 1. The van der Waals surface area contributed by atoms with Crippen LogP contribution in [0, 0.1) is 0 Å². The zero-order chi connectivity index (χ0) is 15.3. The van der Waals surface area contributed by atoms with E-state index >= 15 is 0 Å². The van der Waals surface area contributed by atoms with Crippen LogP contribution in [0.2, 0.25) is 5.02 Å². The molecule has 0 saturated carbocycles. The summed E-state index contributed by atoms with van der Waals surface area (Å²) in [6.07, 6.45) is 4.01. The third-order valence-electron chi connectivity index (χ3n) is 4.65. The van der Waals surface area contributed by atoms with Crippen LogP contribution >= 0.6 is 11.6 Å². The number of likely N-dealkylation sites (N-methyl/N-ethyl adjacent to an activating group) is 1. The van der Waals surface area contributed by atoms with Gasteiger partial charge < -0.3 is 4.90 Å². The maximum Gasteiger partial charge on any atom is 0.257 e. The molecule has 1 unspecified atom stereocenters. The van der Waals surface area contributed by atoms with Crippen LogP contribution in [0.5, 0.6) is 0 Å². The van der Waals surface area contributed by atoms with Crippen molar-refractivity contribution in [3.63, 3.8) is 0 Å². The van der Waals surface area contributed by atoms with Crippen LogP contribution in [-0.4, -0.2) is 45.8 Å². The Morgan fingerprint density at radius 1 is 1.23 bits per heavy atom. The van der Waals surface area contributed by atoms with E-state index in [4.69, 9.17) is 11.6 Å². The van der Waals surface area contributed by atoms with E-state index in [1.807, 2.05) is 36.2 Å². The lowest BCUT2D eigenvalue weighted by Gasteiger charge is -2.45. The molecule has 112 valence electrons. The van der Waals surface area contributed by atoms with Gasteiger partial charge in [-0.05, 0) is 31.3 Å². The van der Waals surface area contributed by atoms with Gasteiger partial charge in [0, 0.05) is 31.9 Å². The Morgan fingerprint density at radius 2 is 2.09 bits per heavy atom. The number of fused-ring (bicyclic) bond motifs is 2. The van der Waals surface area contributed by atoms with Crippen molar-refractivity contribution < 1.29 is 4.79 Å². The van der Waals surface area contributed by atoms with Crippen molar-refractivity contribution >= 4 is 17.5 Å². The van der Waals surface area contributed by atoms with Crippen molar-refractivity contribution in [3.05, 3.63) is 58.6 Å². The summed E-state index contributed by atoms with van der Waals surface area (Å²) in [6.45, 7) is 1.50. The predicted molar refractivity (Wildman–Crippen MR) is 82.5 cm³/mol. The highest BCUT2D eigenvalue weighted by Crippen LogP contribution is 2.42. The van der Waals surface area contributed by atoms with Crippen molar-refractivity contribution in [3.8, 4) is 0 Å². The summed E-state index contributed by atoms with van der Waals surface area (Å²) in [4.78, 5) is 25.9. The third kappa shape index (κ3) is 1.72. The third-order valence-corrected chi connectivity index (χ3v) is 4.88. The van der Waals surface area contributed by atoms with E-state index in [1.165, 1.54) is 0 Å². The molecule has 1 atom stereocenters. The zero-order valence-corrected chi connectivity index (χ0v) is 12.9. The molecule has 1 amide bonds. The number of rotatable bonds is 1. The average Bonchev–Trinajstić information content (AvgIpc) is 2.87. The largest absolute Gasteiger partial charge is 0.313 e. The fourth-order valence-electron chi connectivity index (χ4n) is 3.52. The van der Waals surface area contributed by atoms with Gasteiger partial charge in [-0.25, -0.2) is 0 Å². The highest BCUT2D eigenvalue weighted by atomic mass is 35.5. The second-order valence-electron chi connectivity index (χ2n) is 5.73. The van der Waals surface area contributed by atoms with Crippen LogP contribution < -0.4 is 0 Å². The molecule has 2 aromatic rings. The van der Waals surface area contributed by atoms with Crippen molar-refractivity contribution in [2.75, 3.05) is 20.1 Å². The molecule has 4 heterocycles. The van der Waals surface area contributed by atoms with E-state index < -0.39 is 5.66 Å². The smallest absolute Gasteiger partial charge is 0.257 e. The topological polar surface area (TPSA) is 49.3 Å². The fourth-order valence-corrected chi connectivity index (χ4v) is 3.63. The maximum absolute atomic E-state index is 12.9. The van der Waals surface area contributed by atoms with Crippen LogP contribution in [-0.2, 0) is 12.1 Å². The Bertz CT molecular complexity index is 748. The zero-order valence-electron chi connectivity index (χ0n) is 12.2. The first-order chi connectivity index (χ1) is 10.6. The van der Waals surface area contributed by atoms with Crippen LogP contribution in [0.1, 0.15) is 21.7 Å². The molecule has 1 saturated heterocycles. The number of pyridine rings is 2. The van der Waals surface area contributed by atoms with Crippen molar-refractivity contribution in [1.29, 1.82) is 0 Å². The molecule has 22 heavy (non-hydrogen) atoms. The van der Waals surface area contributed by atoms with Gasteiger partial charge in [0.05, 0.1) is 22.0 Å². The molecule has 0 N–H and O–H groups in total. The van der Waals surface area contributed by atoms with E-state index in [-0.39, 0.29) is 5.91 Å². The summed E-state index contributed by atoms with van der Waals surface area (Å²) in [5.74, 6) is 0.0236. The number of hydrogen-bond donors (Lipinski definition) is 0. The molecule has 0 aliphatic carbocycles. The van der Waals surface area contributed by atoms with E-state index in [9.17, 15) is 4.79 Å². The summed E-state index contributed by atoms with van der Waals surface area (Å²) in [7, 11) is 2.03. The second kappa shape index (κ2) is 4.76. The molecule has 0 spiro atoms. The van der Waals surface area contributed by atoms with Gasteiger partial charge in [-0.3, -0.25) is 19.7 Å². The Labute approximate surface area is 133 Å². The molecule has 2 aromatic heterocycles. The normalized spacial score (nSPS) is 24.3. The quantitative estimate of drug-likeness (QED) is 0.807. The Balaban J connectivity index is 1.92. The van der Waals surface area contributed by atoms with E-state index in [2.05, 4.69) is 14.9 Å². The fraction of sp³-hybridized carbons (Fsp3) is 0.312. The first-order valence-corrected chi connectivity index (χ1v) is 7.60. The van der Waals surface area contributed by atoms with E-state index in [0.29, 0.717) is 23.6 Å². The molecule has 5 nitrogen and oxygen atoms in total. The molecule has 4 rings (SSSR count). The van der Waals surface area contributed by atoms with Crippen LogP contribution in [0.25, 0.3) is 0 Å². The maximum atomic E-state index is 12.9. The number of carbonyl (C=O) groups is 1. The van der Waals surface area contributed by atoms with Gasteiger partial charge in [-0.15, -0.1) is 0 Å². The molecule has 1 fully saturated rings. The van der Waals surface area contributed by atoms with Gasteiger partial charge in [0.2, 0.25) is 0 Å². The molecule has 0 bridgehead atoms. The van der Waals surface area contributed by atoms with Gasteiger partial charge in [0.15, 0.2) is 0 Å². The monoisotopic (exact) mass is 314 g/mol. The molecule has 6 heteroatoms. The molecule has 0 radical (unpaired) electrons. The lowest BCUT2D eigenvalue weighted by atomic mass is 9.89. The summed E-state index contributed by atoms with van der Waals surface area (Å²) >= 11 is 5.97. The molecular formula is C16H15ClN4O. The van der Waals surface area contributed by atoms with Crippen LogP contribution in [0.4, 0.5) is 0 Å². The average molecular weight is 315 g/mol. The van der Waals surface area contributed by atoms with Crippen LogP contribution in [0.3, 0.4) is 0 Å². The summed E-state index contributed by atoms with van der Waals surface area (Å²) in [5.41, 5.74) is 1.79. The van der Waals surface area contributed by atoms with Gasteiger partial charge >= 0.3 is 0 Å². The van der Waals surface area contributed by atoms with Crippen molar-refractivity contribution in [1.82, 2.24) is 19.8 Å². The van der Waals surface area contributed by atoms with Crippen LogP contribution in [0.15, 0.2) is 36.7 Å². The minimum absolute atomic E-state index is 0.0236. The molecule has 0 aromatic carbocycles. The number of halogens is 1. The minimum Gasteiger partial charge on any atom is -0.313 e. The number of aromatic nitrogens is 2. The second-order valence-corrected chi connectivity index (χ2v) is 6.17. The van der Waals surface area contributed by atoms with Gasteiger partial charge in [-0.2, -0.15) is 0 Å². The standard InChI is InChI=1S/C16H15ClN4O/c1-20-7-8-21-15(22)12-3-2-6-18-13(12)9-16(20,21)14-5-4-11(17)10-19-14/h2-6,10H,7-9H2,1H3. The number of nitrogens with zero attached hydrogens (tertiary/aromatic N) is 4. The lowest BCUT2D eigenvalue weighted by Crippen LogP contribution is -2.56. The molecule has 2 aliphatic rings. The Kier molecular flexibility index (Phi) is 2.96. The lowest BCUT2D eigenvalue weighted by molar-refractivity contribution is 0.0121. The minimum atomic E-state index is -0.566. The predicted octanol–water partition coefficient (Wildman–Crippen LogP) is 1.93. The van der Waals surface area contributed by atoms with Gasteiger partial charge in [0.1, 0.15) is 5.66 Å². The summed E-state index contributed by atoms with van der Waals surface area (Å²) < 4.78 is 0. The van der Waals surface area contributed by atoms with Crippen molar-refractivity contribution in [2.24, 2.45) is 0 Å². The van der Waals surface area contributed by atoms with Gasteiger partial charge in [0.25, 0.3) is 5.91 Å². The highest BCUT2D eigenvalue weighted by molar-refractivity contribution is 6.30. The highest BCUT2D eigenvalue weighted by Gasteiger charge is 2.53. The first kappa shape index (κ1) is 13.7. The first-order valence-electron chi connectivity index (χ1n) is 7.22. The SMILES string of the molecule is CN1CCN2C(=O)c3cccnc3CC12c1ccc(Cl)cn1. The Hall–Kier alpha value is -1.98. The summed E-state index contributed by atoms with van der Waals surface area (Å²) in [6, 6.07) is 7.38.